The molecule has 0 amide bonds. The van der Waals surface area contributed by atoms with Crippen molar-refractivity contribution in [2.24, 2.45) is 0 Å². The Bertz CT molecular complexity index is 435. The lowest BCUT2D eigenvalue weighted by Gasteiger charge is -2.31. The van der Waals surface area contributed by atoms with Crippen molar-refractivity contribution in [3.05, 3.63) is 28.2 Å². The quantitative estimate of drug-likeness (QED) is 0.905. The average Bonchev–Trinajstić information content (AvgIpc) is 2.62. The van der Waals surface area contributed by atoms with Crippen LogP contribution in [0.2, 0.25) is 0 Å². The van der Waals surface area contributed by atoms with Crippen LogP contribution < -0.4 is 10.2 Å². The fraction of sp³-hybridized carbons (Fsp3) is 0.571. The highest BCUT2D eigenvalue weighted by molar-refractivity contribution is 9.10. The van der Waals surface area contributed by atoms with E-state index in [9.17, 15) is 0 Å². The first-order chi connectivity index (χ1) is 9.33. The minimum Gasteiger partial charge on any atom is -0.493 e. The molecule has 104 valence electrons. The third-order valence-electron chi connectivity index (χ3n) is 3.60. The Morgan fingerprint density at radius 2 is 2.05 bits per heavy atom. The van der Waals surface area contributed by atoms with E-state index in [-0.39, 0.29) is 0 Å². The van der Waals surface area contributed by atoms with Crippen LogP contribution in [0.3, 0.4) is 0 Å². The van der Waals surface area contributed by atoms with E-state index in [1.165, 1.54) is 5.56 Å². The minimum absolute atomic E-state index is 0.337. The monoisotopic (exact) mass is 326 g/mol. The molecule has 2 aliphatic rings. The molecule has 0 radical (unpaired) electrons. The van der Waals surface area contributed by atoms with Gasteiger partial charge in [0.25, 0.3) is 0 Å². The van der Waals surface area contributed by atoms with Gasteiger partial charge >= 0.3 is 0 Å². The maximum atomic E-state index is 5.84. The second-order valence-corrected chi connectivity index (χ2v) is 5.87. The van der Waals surface area contributed by atoms with Crippen LogP contribution >= 0.6 is 15.9 Å². The number of halogens is 1. The summed E-state index contributed by atoms with van der Waals surface area (Å²) in [7, 11) is 0. The van der Waals surface area contributed by atoms with Crippen LogP contribution in [-0.4, -0.2) is 37.9 Å². The van der Waals surface area contributed by atoms with Gasteiger partial charge in [-0.1, -0.05) is 22.0 Å². The Balaban J connectivity index is 1.77. The summed E-state index contributed by atoms with van der Waals surface area (Å²) in [6, 6.07) is 6.64. The summed E-state index contributed by atoms with van der Waals surface area (Å²) in [4.78, 5) is 0. The third-order valence-corrected chi connectivity index (χ3v) is 4.09. The molecule has 1 fully saturated rings. The Kier molecular flexibility index (Phi) is 4.38. The van der Waals surface area contributed by atoms with Gasteiger partial charge in [-0.15, -0.1) is 0 Å². The normalized spacial score (nSPS) is 24.4. The van der Waals surface area contributed by atoms with E-state index < -0.39 is 0 Å². The fourth-order valence-corrected chi connectivity index (χ4v) is 2.93. The molecule has 0 saturated carbocycles. The third kappa shape index (κ3) is 3.28. The van der Waals surface area contributed by atoms with Crippen LogP contribution in [0.25, 0.3) is 0 Å². The summed E-state index contributed by atoms with van der Waals surface area (Å²) in [5, 5.41) is 2.27. The number of hydrogen-bond acceptors (Lipinski definition) is 4. The number of hydrazine groups is 1. The van der Waals surface area contributed by atoms with Gasteiger partial charge in [0.2, 0.25) is 0 Å². The lowest BCUT2D eigenvalue weighted by atomic mass is 10.0. The number of fused-ring (bicyclic) bond motifs is 1. The van der Waals surface area contributed by atoms with E-state index in [2.05, 4.69) is 44.6 Å². The van der Waals surface area contributed by atoms with Gasteiger partial charge in [-0.2, -0.15) is 0 Å². The number of rotatable bonds is 2. The maximum Gasteiger partial charge on any atom is 0.125 e. The lowest BCUT2D eigenvalue weighted by molar-refractivity contribution is 0.00265. The molecular formula is C14H19BrN2O2. The minimum atomic E-state index is 0.337. The van der Waals surface area contributed by atoms with Crippen LogP contribution in [0.5, 0.6) is 5.75 Å². The molecule has 1 N–H and O–H groups in total. The molecule has 0 bridgehead atoms. The van der Waals surface area contributed by atoms with Gasteiger partial charge in [0.15, 0.2) is 0 Å². The van der Waals surface area contributed by atoms with Crippen LogP contribution in [0.4, 0.5) is 0 Å². The van der Waals surface area contributed by atoms with E-state index in [1.807, 2.05) is 0 Å². The van der Waals surface area contributed by atoms with Gasteiger partial charge in [0.05, 0.1) is 25.9 Å². The zero-order valence-electron chi connectivity index (χ0n) is 10.9. The lowest BCUT2D eigenvalue weighted by Crippen LogP contribution is -2.47. The molecule has 0 aliphatic carbocycles. The Morgan fingerprint density at radius 1 is 1.21 bits per heavy atom. The van der Waals surface area contributed by atoms with Gasteiger partial charge in [0, 0.05) is 23.1 Å². The second kappa shape index (κ2) is 6.22. The molecule has 1 atom stereocenters. The largest absolute Gasteiger partial charge is 0.493 e. The highest BCUT2D eigenvalue weighted by atomic mass is 79.9. The van der Waals surface area contributed by atoms with Gasteiger partial charge in [-0.05, 0) is 25.0 Å². The van der Waals surface area contributed by atoms with Crippen molar-refractivity contribution in [1.29, 1.82) is 0 Å². The molecule has 1 aromatic carbocycles. The number of nitrogens with one attached hydrogen (secondary N) is 1. The Morgan fingerprint density at radius 3 is 2.89 bits per heavy atom. The molecule has 3 rings (SSSR count). The van der Waals surface area contributed by atoms with Gasteiger partial charge in [-0.3, -0.25) is 0 Å². The summed E-state index contributed by atoms with van der Waals surface area (Å²) in [6.45, 7) is 4.31. The summed E-state index contributed by atoms with van der Waals surface area (Å²) >= 11 is 3.51. The molecule has 0 aromatic heterocycles. The number of hydrogen-bond donors (Lipinski definition) is 1. The van der Waals surface area contributed by atoms with Crippen molar-refractivity contribution < 1.29 is 9.47 Å². The number of morpholine rings is 1. The van der Waals surface area contributed by atoms with E-state index in [4.69, 9.17) is 9.47 Å². The smallest absolute Gasteiger partial charge is 0.125 e. The highest BCUT2D eigenvalue weighted by Crippen LogP contribution is 2.33. The first kappa shape index (κ1) is 13.4. The fourth-order valence-electron chi connectivity index (χ4n) is 2.59. The van der Waals surface area contributed by atoms with E-state index >= 15 is 0 Å². The molecule has 2 aliphatic heterocycles. The number of nitrogens with zero attached hydrogens (tertiary/aromatic N) is 1. The van der Waals surface area contributed by atoms with Crippen molar-refractivity contribution in [3.8, 4) is 5.75 Å². The molecule has 4 nitrogen and oxygen atoms in total. The van der Waals surface area contributed by atoms with Crippen molar-refractivity contribution in [2.75, 3.05) is 32.9 Å². The van der Waals surface area contributed by atoms with Gasteiger partial charge < -0.3 is 9.47 Å². The number of benzene rings is 1. The van der Waals surface area contributed by atoms with E-state index in [0.29, 0.717) is 6.04 Å². The van der Waals surface area contributed by atoms with Crippen molar-refractivity contribution in [1.82, 2.24) is 10.4 Å². The van der Waals surface area contributed by atoms with Crippen molar-refractivity contribution in [3.63, 3.8) is 0 Å². The average molecular weight is 327 g/mol. The van der Waals surface area contributed by atoms with Crippen LogP contribution in [0.15, 0.2) is 22.7 Å². The van der Waals surface area contributed by atoms with E-state index in [1.54, 1.807) is 0 Å². The number of ether oxygens (including phenoxy) is 2. The SMILES string of the molecule is Brc1ccc2c(c1)OCCCC2NN1CCOCC1. The topological polar surface area (TPSA) is 33.7 Å². The van der Waals surface area contributed by atoms with E-state index in [0.717, 1.165) is 56.0 Å². The molecule has 5 heteroatoms. The highest BCUT2D eigenvalue weighted by Gasteiger charge is 2.22. The molecule has 19 heavy (non-hydrogen) atoms. The first-order valence-corrected chi connectivity index (χ1v) is 7.63. The van der Waals surface area contributed by atoms with Gasteiger partial charge in [-0.25, -0.2) is 10.4 Å². The molecule has 1 unspecified atom stereocenters. The summed E-state index contributed by atoms with van der Waals surface area (Å²) < 4.78 is 12.3. The Hall–Kier alpha value is -0.620. The zero-order valence-corrected chi connectivity index (χ0v) is 12.5. The molecule has 2 heterocycles. The summed E-state index contributed by atoms with van der Waals surface area (Å²) in [5.41, 5.74) is 4.89. The van der Waals surface area contributed by atoms with Crippen molar-refractivity contribution in [2.45, 2.75) is 18.9 Å². The molecule has 1 aromatic rings. The Labute approximate surface area is 122 Å². The predicted molar refractivity (Wildman–Crippen MR) is 77.1 cm³/mol. The van der Waals surface area contributed by atoms with Gasteiger partial charge in [0.1, 0.15) is 5.75 Å². The van der Waals surface area contributed by atoms with Crippen LogP contribution in [0, 0.1) is 0 Å². The molecule has 1 saturated heterocycles. The zero-order chi connectivity index (χ0) is 13.1. The first-order valence-electron chi connectivity index (χ1n) is 6.84. The predicted octanol–water partition coefficient (Wildman–Crippen LogP) is 2.50. The maximum absolute atomic E-state index is 5.84. The second-order valence-electron chi connectivity index (χ2n) is 4.95. The van der Waals surface area contributed by atoms with Crippen LogP contribution in [0.1, 0.15) is 24.4 Å². The standard InChI is InChI=1S/C14H19BrN2O2/c15-11-3-4-12-13(2-1-7-19-14(12)10-11)16-17-5-8-18-9-6-17/h3-4,10,13,16H,1-2,5-9H2. The van der Waals surface area contributed by atoms with Crippen LogP contribution in [-0.2, 0) is 4.74 Å². The summed E-state index contributed by atoms with van der Waals surface area (Å²) in [6.07, 6.45) is 2.18. The molecular weight excluding hydrogens is 308 g/mol. The van der Waals surface area contributed by atoms with Crippen molar-refractivity contribution >= 4 is 15.9 Å². The molecule has 0 spiro atoms. The summed E-state index contributed by atoms with van der Waals surface area (Å²) in [5.74, 6) is 0.998.